The number of aryl methyl sites for hydroxylation is 2. The average molecular weight is 573 g/mol. The summed E-state index contributed by atoms with van der Waals surface area (Å²) in [7, 11) is 1.99. The van der Waals surface area contributed by atoms with Crippen LogP contribution in [-0.4, -0.2) is 51.1 Å². The van der Waals surface area contributed by atoms with Crippen LogP contribution in [0.25, 0.3) is 0 Å². The van der Waals surface area contributed by atoms with E-state index in [9.17, 15) is 4.79 Å². The molecule has 0 aliphatic carbocycles. The van der Waals surface area contributed by atoms with Crippen molar-refractivity contribution < 1.29 is 19.0 Å². The minimum absolute atomic E-state index is 0.225. The Morgan fingerprint density at radius 3 is 2.24 bits per heavy atom. The van der Waals surface area contributed by atoms with E-state index in [0.29, 0.717) is 25.7 Å². The Kier molecular flexibility index (Phi) is 12.1. The van der Waals surface area contributed by atoms with Crippen molar-refractivity contribution in [3.8, 4) is 17.2 Å². The molecule has 42 heavy (non-hydrogen) atoms. The number of nitrogens with zero attached hydrogens (tertiary/aromatic N) is 1. The first kappa shape index (κ1) is 31.4. The molecular weight excluding hydrogens is 524 g/mol. The third kappa shape index (κ3) is 8.07. The van der Waals surface area contributed by atoms with Gasteiger partial charge in [-0.15, -0.1) is 0 Å². The molecule has 0 aromatic heterocycles. The molecule has 1 fully saturated rings. The lowest BCUT2D eigenvalue weighted by Gasteiger charge is -2.22. The number of hydrogen-bond acceptors (Lipinski definition) is 6. The van der Waals surface area contributed by atoms with Crippen LogP contribution in [0.15, 0.2) is 60.7 Å². The van der Waals surface area contributed by atoms with E-state index in [2.05, 4.69) is 85.6 Å². The molecule has 0 spiro atoms. The molecule has 1 saturated heterocycles. The number of likely N-dealkylation sites (tertiary alicyclic amines) is 1. The minimum Gasteiger partial charge on any atom is -0.494 e. The van der Waals surface area contributed by atoms with Crippen LogP contribution >= 0.6 is 0 Å². The Hall–Kier alpha value is -3.51. The van der Waals surface area contributed by atoms with Crippen LogP contribution < -0.4 is 19.5 Å². The maximum Gasteiger partial charge on any atom is 0.161 e. The number of carbonyl (C=O) groups is 1. The van der Waals surface area contributed by atoms with E-state index in [1.165, 1.54) is 40.8 Å². The van der Waals surface area contributed by atoms with Gasteiger partial charge >= 0.3 is 0 Å². The number of aldehydes is 1. The van der Waals surface area contributed by atoms with Gasteiger partial charge in [-0.2, -0.15) is 0 Å². The fourth-order valence-electron chi connectivity index (χ4n) is 6.00. The minimum atomic E-state index is 0.225. The lowest BCUT2D eigenvalue weighted by Crippen LogP contribution is -2.25. The molecule has 2 unspecified atom stereocenters. The number of fused-ring (bicyclic) bond motifs is 1. The molecule has 0 amide bonds. The Labute approximate surface area is 252 Å². The number of carbonyl (C=O) groups excluding carboxylic acids is 1. The van der Waals surface area contributed by atoms with E-state index >= 15 is 0 Å². The fraction of sp³-hybridized carbons (Fsp3) is 0.472. The van der Waals surface area contributed by atoms with Crippen LogP contribution in [-0.2, 0) is 17.6 Å². The molecule has 226 valence electrons. The van der Waals surface area contributed by atoms with E-state index < -0.39 is 0 Å². The molecule has 2 aliphatic heterocycles. The van der Waals surface area contributed by atoms with E-state index in [4.69, 9.17) is 14.2 Å². The molecule has 2 heterocycles. The Morgan fingerprint density at radius 1 is 0.905 bits per heavy atom. The van der Waals surface area contributed by atoms with Gasteiger partial charge in [0.05, 0.1) is 13.2 Å². The molecule has 0 radical (unpaired) electrons. The van der Waals surface area contributed by atoms with Crippen molar-refractivity contribution in [3.05, 3.63) is 82.9 Å². The van der Waals surface area contributed by atoms with Gasteiger partial charge in [0, 0.05) is 25.3 Å². The first-order chi connectivity index (χ1) is 20.6. The standard InChI is InChI=1S/C25H31NO4.C11H17N/c1-2-3-4-13-28-22-8-5-19(6-9-22)23-16-21(18-26(23)11-12-27)20-7-10-24-25(17-20)30-15-14-29-24;1-4-9-7-6-8-10(5-2)11(9)12-3/h5-10,12,17,21,23H,2-4,11,13-16,18H2,1H3;6-8,12H,4-5H2,1-3H3. The quantitative estimate of drug-likeness (QED) is 0.178. The van der Waals surface area contributed by atoms with Gasteiger partial charge in [0.2, 0.25) is 0 Å². The fourth-order valence-corrected chi connectivity index (χ4v) is 6.00. The zero-order valence-electron chi connectivity index (χ0n) is 25.9. The number of para-hydroxylation sites is 1. The number of ether oxygens (including phenoxy) is 3. The van der Waals surface area contributed by atoms with E-state index in [1.54, 1.807) is 0 Å². The first-order valence-electron chi connectivity index (χ1n) is 15.7. The molecule has 2 aliphatic rings. The van der Waals surface area contributed by atoms with Crippen LogP contribution in [0.4, 0.5) is 5.69 Å². The summed E-state index contributed by atoms with van der Waals surface area (Å²) in [4.78, 5) is 13.6. The predicted octanol–water partition coefficient (Wildman–Crippen LogP) is 7.61. The van der Waals surface area contributed by atoms with Crippen molar-refractivity contribution in [1.82, 2.24) is 4.90 Å². The van der Waals surface area contributed by atoms with Crippen molar-refractivity contribution >= 4 is 12.0 Å². The van der Waals surface area contributed by atoms with E-state index in [-0.39, 0.29) is 6.04 Å². The molecule has 6 heteroatoms. The molecule has 1 N–H and O–H groups in total. The SMILES string of the molecule is CCCCCOc1ccc(C2CC(c3ccc4c(c3)OCCO4)CN2CC=O)cc1.CCc1cccc(CC)c1NC. The Morgan fingerprint density at radius 2 is 1.60 bits per heavy atom. The van der Waals surface area contributed by atoms with E-state index in [1.807, 2.05) is 13.1 Å². The highest BCUT2D eigenvalue weighted by Crippen LogP contribution is 2.43. The smallest absolute Gasteiger partial charge is 0.161 e. The average Bonchev–Trinajstić information content (AvgIpc) is 3.47. The van der Waals surface area contributed by atoms with Gasteiger partial charge in [0.15, 0.2) is 11.5 Å². The lowest BCUT2D eigenvalue weighted by molar-refractivity contribution is -0.109. The summed E-state index contributed by atoms with van der Waals surface area (Å²) >= 11 is 0. The molecule has 2 atom stereocenters. The highest BCUT2D eigenvalue weighted by atomic mass is 16.6. The van der Waals surface area contributed by atoms with Crippen molar-refractivity contribution in [2.24, 2.45) is 0 Å². The number of nitrogens with one attached hydrogen (secondary N) is 1. The van der Waals surface area contributed by atoms with Gasteiger partial charge in [-0.3, -0.25) is 4.90 Å². The zero-order chi connectivity index (χ0) is 29.7. The number of hydrogen-bond donors (Lipinski definition) is 1. The maximum absolute atomic E-state index is 11.3. The van der Waals surface area contributed by atoms with Gasteiger partial charge in [-0.05, 0) is 78.1 Å². The van der Waals surface area contributed by atoms with Gasteiger partial charge in [-0.25, -0.2) is 0 Å². The highest BCUT2D eigenvalue weighted by Gasteiger charge is 2.34. The Balaban J connectivity index is 0.000000283. The predicted molar refractivity (Wildman–Crippen MR) is 171 cm³/mol. The number of rotatable bonds is 12. The molecule has 3 aromatic rings. The summed E-state index contributed by atoms with van der Waals surface area (Å²) in [5.41, 5.74) is 6.63. The molecule has 5 rings (SSSR count). The van der Waals surface area contributed by atoms with Crippen LogP contribution in [0, 0.1) is 0 Å². The third-order valence-electron chi connectivity index (χ3n) is 8.28. The second-order valence-electron chi connectivity index (χ2n) is 11.0. The van der Waals surface area contributed by atoms with Gasteiger partial charge in [0.25, 0.3) is 0 Å². The molecular formula is C36H48N2O4. The molecule has 0 bridgehead atoms. The van der Waals surface area contributed by atoms with Crippen LogP contribution in [0.2, 0.25) is 0 Å². The third-order valence-corrected chi connectivity index (χ3v) is 8.28. The first-order valence-corrected chi connectivity index (χ1v) is 15.7. The summed E-state index contributed by atoms with van der Waals surface area (Å²) < 4.78 is 17.3. The van der Waals surface area contributed by atoms with Crippen molar-refractivity contribution in [2.45, 2.75) is 71.3 Å². The number of anilines is 1. The van der Waals surface area contributed by atoms with Gasteiger partial charge in [-0.1, -0.05) is 70.0 Å². The number of benzene rings is 3. The topological polar surface area (TPSA) is 60.0 Å². The van der Waals surface area contributed by atoms with Crippen LogP contribution in [0.5, 0.6) is 17.2 Å². The zero-order valence-corrected chi connectivity index (χ0v) is 25.9. The van der Waals surface area contributed by atoms with E-state index in [0.717, 1.165) is 62.4 Å². The summed E-state index contributed by atoms with van der Waals surface area (Å²) in [6, 6.07) is 21.4. The highest BCUT2D eigenvalue weighted by molar-refractivity contribution is 5.57. The van der Waals surface area contributed by atoms with Crippen molar-refractivity contribution in [2.75, 3.05) is 45.3 Å². The van der Waals surface area contributed by atoms with Gasteiger partial charge in [0.1, 0.15) is 25.2 Å². The second-order valence-corrected chi connectivity index (χ2v) is 11.0. The van der Waals surface area contributed by atoms with Crippen LogP contribution in [0.1, 0.15) is 80.7 Å². The molecule has 0 saturated carbocycles. The Bertz CT molecular complexity index is 1240. The summed E-state index contributed by atoms with van der Waals surface area (Å²) in [5.74, 6) is 2.92. The lowest BCUT2D eigenvalue weighted by atomic mass is 9.93. The monoisotopic (exact) mass is 572 g/mol. The van der Waals surface area contributed by atoms with Gasteiger partial charge < -0.3 is 24.3 Å². The normalized spacial score (nSPS) is 17.7. The molecule has 6 nitrogen and oxygen atoms in total. The molecule has 3 aromatic carbocycles. The largest absolute Gasteiger partial charge is 0.494 e. The summed E-state index contributed by atoms with van der Waals surface area (Å²) in [5, 5.41) is 3.27. The summed E-state index contributed by atoms with van der Waals surface area (Å²) in [6.45, 7) is 9.83. The maximum atomic E-state index is 11.3. The summed E-state index contributed by atoms with van der Waals surface area (Å²) in [6.07, 6.45) is 7.66. The van der Waals surface area contributed by atoms with Crippen LogP contribution in [0.3, 0.4) is 0 Å². The van der Waals surface area contributed by atoms with Crippen molar-refractivity contribution in [3.63, 3.8) is 0 Å². The second kappa shape index (κ2) is 16.2. The van der Waals surface area contributed by atoms with Crippen molar-refractivity contribution in [1.29, 1.82) is 0 Å². The number of unbranched alkanes of at least 4 members (excludes halogenated alkanes) is 2.